The van der Waals surface area contributed by atoms with E-state index < -0.39 is 6.10 Å². The first-order valence-electron chi connectivity index (χ1n) is 7.59. The molecule has 0 saturated heterocycles. The van der Waals surface area contributed by atoms with Crippen LogP contribution in [0.2, 0.25) is 0 Å². The van der Waals surface area contributed by atoms with E-state index in [1.54, 1.807) is 6.20 Å². The van der Waals surface area contributed by atoms with Gasteiger partial charge in [-0.25, -0.2) is 0 Å². The quantitative estimate of drug-likeness (QED) is 0.924. The first-order chi connectivity index (χ1) is 9.81. The molecular formula is C17H22N2O. The Labute approximate surface area is 120 Å². The standard InChI is InChI=1S/C17H22N2O/c1-2-12-19-16(10-11-18-19)17(20)15-9-5-7-13-6-3-4-8-14(13)15/h3-4,6,8,10-11,15,17,20H,2,5,7,9,12H2,1H3. The average Bonchev–Trinajstić information content (AvgIpc) is 2.94. The van der Waals surface area contributed by atoms with Gasteiger partial charge in [0.1, 0.15) is 6.10 Å². The van der Waals surface area contributed by atoms with E-state index in [-0.39, 0.29) is 5.92 Å². The van der Waals surface area contributed by atoms with Crippen molar-refractivity contribution in [3.8, 4) is 0 Å². The molecule has 1 aliphatic carbocycles. The Hall–Kier alpha value is -1.61. The second-order valence-corrected chi connectivity index (χ2v) is 5.62. The van der Waals surface area contributed by atoms with Gasteiger partial charge in [0.25, 0.3) is 0 Å². The number of nitrogens with zero attached hydrogens (tertiary/aromatic N) is 2. The van der Waals surface area contributed by atoms with Gasteiger partial charge in [-0.2, -0.15) is 5.10 Å². The maximum absolute atomic E-state index is 10.8. The van der Waals surface area contributed by atoms with E-state index in [0.717, 1.165) is 37.9 Å². The normalized spacial score (nSPS) is 19.6. The molecule has 2 atom stereocenters. The fourth-order valence-corrected chi connectivity index (χ4v) is 3.32. The molecule has 0 radical (unpaired) electrons. The van der Waals surface area contributed by atoms with Crippen LogP contribution in [-0.2, 0) is 13.0 Å². The molecule has 1 aromatic carbocycles. The first kappa shape index (κ1) is 13.4. The molecule has 0 amide bonds. The van der Waals surface area contributed by atoms with Crippen LogP contribution in [0.1, 0.15) is 55.0 Å². The number of hydrogen-bond donors (Lipinski definition) is 1. The highest BCUT2D eigenvalue weighted by Crippen LogP contribution is 2.40. The van der Waals surface area contributed by atoms with Crippen LogP contribution >= 0.6 is 0 Å². The summed E-state index contributed by atoms with van der Waals surface area (Å²) in [5, 5.41) is 15.2. The Morgan fingerprint density at radius 3 is 3.05 bits per heavy atom. The predicted molar refractivity (Wildman–Crippen MR) is 79.6 cm³/mol. The predicted octanol–water partition coefficient (Wildman–Crippen LogP) is 3.45. The van der Waals surface area contributed by atoms with Crippen molar-refractivity contribution < 1.29 is 5.11 Å². The molecule has 0 spiro atoms. The van der Waals surface area contributed by atoms with Crippen LogP contribution in [0.25, 0.3) is 0 Å². The molecule has 1 aliphatic rings. The zero-order chi connectivity index (χ0) is 13.9. The summed E-state index contributed by atoms with van der Waals surface area (Å²) in [6.07, 6.45) is 5.71. The van der Waals surface area contributed by atoms with E-state index in [1.165, 1.54) is 11.1 Å². The number of rotatable bonds is 4. The minimum Gasteiger partial charge on any atom is -0.386 e. The monoisotopic (exact) mass is 270 g/mol. The summed E-state index contributed by atoms with van der Waals surface area (Å²) in [4.78, 5) is 0. The van der Waals surface area contributed by atoms with Crippen molar-refractivity contribution in [1.82, 2.24) is 9.78 Å². The summed E-state index contributed by atoms with van der Waals surface area (Å²) in [5.74, 6) is 0.201. The van der Waals surface area contributed by atoms with Crippen molar-refractivity contribution >= 4 is 0 Å². The van der Waals surface area contributed by atoms with Gasteiger partial charge in [0.05, 0.1) is 5.69 Å². The Balaban J connectivity index is 1.91. The maximum atomic E-state index is 10.8. The Bertz CT molecular complexity index is 576. The van der Waals surface area contributed by atoms with E-state index in [2.05, 4.69) is 36.3 Å². The SMILES string of the molecule is CCCn1nccc1C(O)C1CCCc2ccccc21. The third-order valence-electron chi connectivity index (χ3n) is 4.28. The smallest absolute Gasteiger partial charge is 0.102 e. The molecule has 106 valence electrons. The molecule has 1 N–H and O–H groups in total. The van der Waals surface area contributed by atoms with E-state index in [0.29, 0.717) is 0 Å². The molecule has 2 unspecified atom stereocenters. The van der Waals surface area contributed by atoms with E-state index in [1.807, 2.05) is 10.7 Å². The zero-order valence-corrected chi connectivity index (χ0v) is 12.0. The van der Waals surface area contributed by atoms with Crippen LogP contribution in [0, 0.1) is 0 Å². The number of aliphatic hydroxyl groups is 1. The van der Waals surface area contributed by atoms with Crippen molar-refractivity contribution in [2.75, 3.05) is 0 Å². The molecule has 20 heavy (non-hydrogen) atoms. The summed E-state index contributed by atoms with van der Waals surface area (Å²) in [6, 6.07) is 10.5. The van der Waals surface area contributed by atoms with Crippen LogP contribution < -0.4 is 0 Å². The average molecular weight is 270 g/mol. The topological polar surface area (TPSA) is 38.0 Å². The lowest BCUT2D eigenvalue weighted by molar-refractivity contribution is 0.126. The van der Waals surface area contributed by atoms with Crippen molar-refractivity contribution in [2.24, 2.45) is 0 Å². The van der Waals surface area contributed by atoms with E-state index in [9.17, 15) is 5.11 Å². The third-order valence-corrected chi connectivity index (χ3v) is 4.28. The Kier molecular flexibility index (Phi) is 3.88. The Morgan fingerprint density at radius 2 is 2.20 bits per heavy atom. The lowest BCUT2D eigenvalue weighted by Gasteiger charge is -2.29. The van der Waals surface area contributed by atoms with Crippen LogP contribution in [0.15, 0.2) is 36.5 Å². The second kappa shape index (κ2) is 5.80. The van der Waals surface area contributed by atoms with E-state index >= 15 is 0 Å². The van der Waals surface area contributed by atoms with Crippen LogP contribution in [0.3, 0.4) is 0 Å². The van der Waals surface area contributed by atoms with Crippen molar-refractivity contribution in [3.05, 3.63) is 53.3 Å². The molecule has 3 rings (SSSR count). The highest BCUT2D eigenvalue weighted by Gasteiger charge is 2.29. The fourth-order valence-electron chi connectivity index (χ4n) is 3.32. The largest absolute Gasteiger partial charge is 0.386 e. The van der Waals surface area contributed by atoms with Gasteiger partial charge in [-0.05, 0) is 42.9 Å². The third kappa shape index (κ3) is 2.38. The number of benzene rings is 1. The molecule has 2 aromatic rings. The number of aliphatic hydroxyl groups excluding tert-OH is 1. The summed E-state index contributed by atoms with van der Waals surface area (Å²) in [7, 11) is 0. The lowest BCUT2D eigenvalue weighted by Crippen LogP contribution is -2.20. The van der Waals surface area contributed by atoms with Gasteiger partial charge in [0.15, 0.2) is 0 Å². The summed E-state index contributed by atoms with van der Waals surface area (Å²) >= 11 is 0. The summed E-state index contributed by atoms with van der Waals surface area (Å²) < 4.78 is 1.95. The second-order valence-electron chi connectivity index (χ2n) is 5.62. The highest BCUT2D eigenvalue weighted by atomic mass is 16.3. The van der Waals surface area contributed by atoms with Gasteiger partial charge in [-0.15, -0.1) is 0 Å². The highest BCUT2D eigenvalue weighted by molar-refractivity contribution is 5.34. The zero-order valence-electron chi connectivity index (χ0n) is 12.0. The van der Waals surface area contributed by atoms with Crippen molar-refractivity contribution in [2.45, 2.75) is 51.2 Å². The van der Waals surface area contributed by atoms with Crippen molar-refractivity contribution in [3.63, 3.8) is 0 Å². The van der Waals surface area contributed by atoms with Crippen molar-refractivity contribution in [1.29, 1.82) is 0 Å². The molecular weight excluding hydrogens is 248 g/mol. The number of aryl methyl sites for hydroxylation is 2. The summed E-state index contributed by atoms with van der Waals surface area (Å²) in [6.45, 7) is 3.00. The van der Waals surface area contributed by atoms with Crippen LogP contribution in [0.5, 0.6) is 0 Å². The molecule has 0 bridgehead atoms. The van der Waals surface area contributed by atoms with Gasteiger partial charge in [0.2, 0.25) is 0 Å². The molecule has 0 fully saturated rings. The van der Waals surface area contributed by atoms with Gasteiger partial charge in [-0.3, -0.25) is 4.68 Å². The molecule has 3 nitrogen and oxygen atoms in total. The first-order valence-corrected chi connectivity index (χ1v) is 7.59. The number of hydrogen-bond acceptors (Lipinski definition) is 2. The minimum absolute atomic E-state index is 0.201. The van der Waals surface area contributed by atoms with E-state index in [4.69, 9.17) is 0 Å². The lowest BCUT2D eigenvalue weighted by atomic mass is 9.79. The number of aromatic nitrogens is 2. The van der Waals surface area contributed by atoms with Gasteiger partial charge >= 0.3 is 0 Å². The molecule has 1 heterocycles. The van der Waals surface area contributed by atoms with Gasteiger partial charge < -0.3 is 5.11 Å². The fraction of sp³-hybridized carbons (Fsp3) is 0.471. The van der Waals surface area contributed by atoms with Gasteiger partial charge in [-0.1, -0.05) is 31.2 Å². The van der Waals surface area contributed by atoms with Crippen LogP contribution in [-0.4, -0.2) is 14.9 Å². The molecule has 0 aliphatic heterocycles. The van der Waals surface area contributed by atoms with Gasteiger partial charge in [0, 0.05) is 18.7 Å². The maximum Gasteiger partial charge on any atom is 0.102 e. The molecule has 1 aromatic heterocycles. The summed E-state index contributed by atoms with van der Waals surface area (Å²) in [5.41, 5.74) is 3.66. The number of fused-ring (bicyclic) bond motifs is 1. The Morgan fingerprint density at radius 1 is 1.35 bits per heavy atom. The van der Waals surface area contributed by atoms with Crippen LogP contribution in [0.4, 0.5) is 0 Å². The molecule has 3 heteroatoms. The molecule has 0 saturated carbocycles. The minimum atomic E-state index is -0.453.